The Morgan fingerprint density at radius 2 is 2.00 bits per heavy atom. The standard InChI is InChI=1S/C20H24N4O4/c21-14-16(20(25)22-17-4-2-1-3-5-17)12-15-6-7-18(19(13-15)24(26)27)23-8-10-28-11-9-23/h6-7,12-13,17H,1-5,8-11H2,(H,22,25)/b16-12-. The molecule has 2 aliphatic rings. The molecule has 1 aromatic rings. The van der Waals surface area contributed by atoms with Gasteiger partial charge in [0.25, 0.3) is 11.6 Å². The fraction of sp³-hybridized carbons (Fsp3) is 0.500. The summed E-state index contributed by atoms with van der Waals surface area (Å²) in [5.41, 5.74) is 0.897. The van der Waals surface area contributed by atoms with E-state index in [-0.39, 0.29) is 17.3 Å². The van der Waals surface area contributed by atoms with Gasteiger partial charge >= 0.3 is 0 Å². The van der Waals surface area contributed by atoms with Gasteiger partial charge in [0.15, 0.2) is 0 Å². The molecule has 28 heavy (non-hydrogen) atoms. The van der Waals surface area contributed by atoms with Crippen molar-refractivity contribution < 1.29 is 14.5 Å². The quantitative estimate of drug-likeness (QED) is 0.362. The zero-order valence-electron chi connectivity index (χ0n) is 15.7. The van der Waals surface area contributed by atoms with Crippen LogP contribution >= 0.6 is 0 Å². The molecule has 8 nitrogen and oxygen atoms in total. The van der Waals surface area contributed by atoms with E-state index in [9.17, 15) is 20.2 Å². The highest BCUT2D eigenvalue weighted by atomic mass is 16.6. The largest absolute Gasteiger partial charge is 0.378 e. The van der Waals surface area contributed by atoms with Crippen LogP contribution in [0.15, 0.2) is 23.8 Å². The average molecular weight is 384 g/mol. The molecular formula is C20H24N4O4. The number of rotatable bonds is 5. The van der Waals surface area contributed by atoms with Gasteiger partial charge in [-0.3, -0.25) is 14.9 Å². The second kappa shape index (κ2) is 9.33. The molecule has 0 aromatic heterocycles. The Morgan fingerprint density at radius 1 is 1.29 bits per heavy atom. The Kier molecular flexibility index (Phi) is 6.61. The van der Waals surface area contributed by atoms with Crippen LogP contribution in [0.2, 0.25) is 0 Å². The number of nitro benzene ring substituents is 1. The fourth-order valence-corrected chi connectivity index (χ4v) is 3.67. The maximum atomic E-state index is 12.4. The summed E-state index contributed by atoms with van der Waals surface area (Å²) in [6.07, 6.45) is 6.58. The zero-order chi connectivity index (χ0) is 19.9. The van der Waals surface area contributed by atoms with Crippen molar-refractivity contribution in [2.75, 3.05) is 31.2 Å². The van der Waals surface area contributed by atoms with E-state index in [1.165, 1.54) is 18.6 Å². The van der Waals surface area contributed by atoms with E-state index in [1.54, 1.807) is 12.1 Å². The number of amides is 1. The van der Waals surface area contributed by atoms with Crippen LogP contribution < -0.4 is 10.2 Å². The maximum absolute atomic E-state index is 12.4. The number of anilines is 1. The maximum Gasteiger partial charge on any atom is 0.293 e. The van der Waals surface area contributed by atoms with Gasteiger partial charge in [0.05, 0.1) is 18.1 Å². The molecule has 1 saturated carbocycles. The number of hydrogen-bond donors (Lipinski definition) is 1. The number of nitriles is 1. The molecular weight excluding hydrogens is 360 g/mol. The number of morpholine rings is 1. The Labute approximate surface area is 163 Å². The molecule has 1 amide bonds. The van der Waals surface area contributed by atoms with E-state index in [0.29, 0.717) is 37.6 Å². The van der Waals surface area contributed by atoms with Crippen molar-refractivity contribution in [1.29, 1.82) is 5.26 Å². The number of carbonyl (C=O) groups is 1. The first kappa shape index (κ1) is 19.8. The summed E-state index contributed by atoms with van der Waals surface area (Å²) in [4.78, 5) is 25.5. The second-order valence-corrected chi connectivity index (χ2v) is 7.08. The molecule has 0 bridgehead atoms. The van der Waals surface area contributed by atoms with Gasteiger partial charge in [0.1, 0.15) is 17.3 Å². The van der Waals surface area contributed by atoms with Crippen LogP contribution in [-0.4, -0.2) is 43.2 Å². The molecule has 1 aromatic carbocycles. The molecule has 1 aliphatic carbocycles. The Hall–Kier alpha value is -2.92. The number of nitrogens with one attached hydrogen (secondary N) is 1. The van der Waals surface area contributed by atoms with Crippen molar-refractivity contribution in [3.63, 3.8) is 0 Å². The number of hydrogen-bond acceptors (Lipinski definition) is 6. The first-order valence-electron chi connectivity index (χ1n) is 9.62. The van der Waals surface area contributed by atoms with E-state index in [0.717, 1.165) is 25.7 Å². The molecule has 0 atom stereocenters. The van der Waals surface area contributed by atoms with Crippen LogP contribution in [0.3, 0.4) is 0 Å². The lowest BCUT2D eigenvalue weighted by molar-refractivity contribution is -0.384. The van der Waals surface area contributed by atoms with Crippen molar-refractivity contribution >= 4 is 23.4 Å². The van der Waals surface area contributed by atoms with Gasteiger partial charge in [-0.05, 0) is 30.5 Å². The van der Waals surface area contributed by atoms with Crippen molar-refractivity contribution in [1.82, 2.24) is 5.32 Å². The lowest BCUT2D eigenvalue weighted by Gasteiger charge is -2.28. The lowest BCUT2D eigenvalue weighted by atomic mass is 9.95. The van der Waals surface area contributed by atoms with Gasteiger partial charge in [-0.25, -0.2) is 0 Å². The van der Waals surface area contributed by atoms with Crippen LogP contribution in [0.4, 0.5) is 11.4 Å². The molecule has 1 aliphatic heterocycles. The van der Waals surface area contributed by atoms with E-state index in [1.807, 2.05) is 11.0 Å². The first-order valence-corrected chi connectivity index (χ1v) is 9.62. The predicted octanol–water partition coefficient (Wildman–Crippen LogP) is 2.79. The number of carbonyl (C=O) groups excluding carboxylic acids is 1. The van der Waals surface area contributed by atoms with Crippen molar-refractivity contribution in [2.24, 2.45) is 0 Å². The van der Waals surface area contributed by atoms with Crippen molar-refractivity contribution in [3.8, 4) is 6.07 Å². The number of nitro groups is 1. The third-order valence-corrected chi connectivity index (χ3v) is 5.16. The van der Waals surface area contributed by atoms with Crippen LogP contribution in [0, 0.1) is 21.4 Å². The Balaban J connectivity index is 1.80. The van der Waals surface area contributed by atoms with Crippen LogP contribution in [-0.2, 0) is 9.53 Å². The minimum atomic E-state index is -0.434. The SMILES string of the molecule is N#C/C(=C/c1ccc(N2CCOCC2)c([N+](=O)[O-])c1)C(=O)NC1CCCCC1. The number of ether oxygens (including phenoxy) is 1. The lowest BCUT2D eigenvalue weighted by Crippen LogP contribution is -2.36. The Bertz CT molecular complexity index is 803. The smallest absolute Gasteiger partial charge is 0.293 e. The van der Waals surface area contributed by atoms with Gasteiger partial charge < -0.3 is 15.0 Å². The number of benzene rings is 1. The third kappa shape index (κ3) is 4.87. The predicted molar refractivity (Wildman–Crippen MR) is 105 cm³/mol. The van der Waals surface area contributed by atoms with Crippen molar-refractivity contribution in [2.45, 2.75) is 38.1 Å². The summed E-state index contributed by atoms with van der Waals surface area (Å²) >= 11 is 0. The monoisotopic (exact) mass is 384 g/mol. The topological polar surface area (TPSA) is 108 Å². The molecule has 1 N–H and O–H groups in total. The van der Waals surface area contributed by atoms with Gasteiger partial charge in [0, 0.05) is 25.2 Å². The summed E-state index contributed by atoms with van der Waals surface area (Å²) in [6, 6.07) is 6.79. The van der Waals surface area contributed by atoms with E-state index < -0.39 is 10.8 Å². The van der Waals surface area contributed by atoms with E-state index in [2.05, 4.69) is 5.32 Å². The summed E-state index contributed by atoms with van der Waals surface area (Å²) in [5.74, 6) is -0.422. The van der Waals surface area contributed by atoms with E-state index in [4.69, 9.17) is 4.74 Å². The van der Waals surface area contributed by atoms with Crippen molar-refractivity contribution in [3.05, 3.63) is 39.4 Å². The summed E-state index contributed by atoms with van der Waals surface area (Å²) in [6.45, 7) is 2.23. The first-order chi connectivity index (χ1) is 13.6. The van der Waals surface area contributed by atoms with Gasteiger partial charge in [0.2, 0.25) is 0 Å². The van der Waals surface area contributed by atoms with Gasteiger partial charge in [-0.15, -0.1) is 0 Å². The van der Waals surface area contributed by atoms with Crippen LogP contribution in [0.5, 0.6) is 0 Å². The van der Waals surface area contributed by atoms with Crippen LogP contribution in [0.25, 0.3) is 6.08 Å². The molecule has 148 valence electrons. The minimum Gasteiger partial charge on any atom is -0.378 e. The van der Waals surface area contributed by atoms with Gasteiger partial charge in [-0.2, -0.15) is 5.26 Å². The summed E-state index contributed by atoms with van der Waals surface area (Å²) in [7, 11) is 0. The zero-order valence-corrected chi connectivity index (χ0v) is 15.7. The van der Waals surface area contributed by atoms with Crippen LogP contribution in [0.1, 0.15) is 37.7 Å². The Morgan fingerprint density at radius 3 is 2.64 bits per heavy atom. The second-order valence-electron chi connectivity index (χ2n) is 7.08. The number of nitrogens with zero attached hydrogens (tertiary/aromatic N) is 3. The molecule has 1 heterocycles. The highest BCUT2D eigenvalue weighted by Crippen LogP contribution is 2.30. The van der Waals surface area contributed by atoms with E-state index >= 15 is 0 Å². The molecule has 3 rings (SSSR count). The highest BCUT2D eigenvalue weighted by Gasteiger charge is 2.22. The normalized spacial score (nSPS) is 18.4. The summed E-state index contributed by atoms with van der Waals surface area (Å²) < 4.78 is 5.30. The molecule has 0 unspecified atom stereocenters. The average Bonchev–Trinajstić information content (AvgIpc) is 2.73. The molecule has 1 saturated heterocycles. The molecule has 8 heteroatoms. The summed E-state index contributed by atoms with van der Waals surface area (Å²) in [5, 5.41) is 23.8. The molecule has 2 fully saturated rings. The molecule has 0 spiro atoms. The highest BCUT2D eigenvalue weighted by molar-refractivity contribution is 6.02. The third-order valence-electron chi connectivity index (χ3n) is 5.16. The minimum absolute atomic E-state index is 0.0411. The molecule has 0 radical (unpaired) electrons. The fourth-order valence-electron chi connectivity index (χ4n) is 3.67. The van der Waals surface area contributed by atoms with Gasteiger partial charge in [-0.1, -0.05) is 25.3 Å².